The highest BCUT2D eigenvalue weighted by atomic mass is 32.2. The topological polar surface area (TPSA) is 73.1 Å². The van der Waals surface area contributed by atoms with Gasteiger partial charge in [0.15, 0.2) is 0 Å². The normalized spacial score (nSPS) is 13.2. The SMILES string of the molecule is CC(Cc1nnc(SCCS(C)(=O)=O)o1)c1ccccc1. The van der Waals surface area contributed by atoms with Gasteiger partial charge in [-0.05, 0) is 11.5 Å². The van der Waals surface area contributed by atoms with Gasteiger partial charge < -0.3 is 4.42 Å². The van der Waals surface area contributed by atoms with Crippen LogP contribution in [0.1, 0.15) is 24.3 Å². The van der Waals surface area contributed by atoms with E-state index in [2.05, 4.69) is 29.3 Å². The van der Waals surface area contributed by atoms with Gasteiger partial charge in [-0.15, -0.1) is 10.2 Å². The zero-order chi connectivity index (χ0) is 15.3. The fourth-order valence-electron chi connectivity index (χ4n) is 1.82. The van der Waals surface area contributed by atoms with Crippen molar-refractivity contribution in [1.29, 1.82) is 0 Å². The summed E-state index contributed by atoms with van der Waals surface area (Å²) >= 11 is 1.27. The second-order valence-corrected chi connectivity index (χ2v) is 8.26. The maximum Gasteiger partial charge on any atom is 0.276 e. The summed E-state index contributed by atoms with van der Waals surface area (Å²) in [5, 5.41) is 8.37. The van der Waals surface area contributed by atoms with Crippen molar-refractivity contribution >= 4 is 21.6 Å². The van der Waals surface area contributed by atoms with Crippen LogP contribution in [-0.4, -0.2) is 36.4 Å². The Labute approximate surface area is 129 Å². The molecule has 2 rings (SSSR count). The zero-order valence-corrected chi connectivity index (χ0v) is 13.7. The van der Waals surface area contributed by atoms with Crippen LogP contribution >= 0.6 is 11.8 Å². The third kappa shape index (κ3) is 5.51. The smallest absolute Gasteiger partial charge is 0.276 e. The Bertz CT molecular complexity index is 669. The van der Waals surface area contributed by atoms with Gasteiger partial charge in [-0.3, -0.25) is 0 Å². The minimum absolute atomic E-state index is 0.107. The van der Waals surface area contributed by atoms with E-state index in [9.17, 15) is 8.42 Å². The first-order chi connectivity index (χ1) is 9.94. The third-order valence-corrected chi connectivity index (χ3v) is 5.00. The Morgan fingerprint density at radius 1 is 1.24 bits per heavy atom. The van der Waals surface area contributed by atoms with Crippen LogP contribution in [0, 0.1) is 0 Å². The van der Waals surface area contributed by atoms with Crippen LogP contribution in [0.15, 0.2) is 40.0 Å². The molecule has 0 bridgehead atoms. The molecule has 0 aliphatic rings. The summed E-state index contributed by atoms with van der Waals surface area (Å²) in [5.74, 6) is 1.40. The highest BCUT2D eigenvalue weighted by Crippen LogP contribution is 2.22. The van der Waals surface area contributed by atoms with Crippen molar-refractivity contribution in [3.8, 4) is 0 Å². The maximum absolute atomic E-state index is 11.0. The Balaban J connectivity index is 1.88. The first kappa shape index (κ1) is 16.0. The molecule has 0 aliphatic heterocycles. The molecule has 0 saturated carbocycles. The molecule has 7 heteroatoms. The first-order valence-corrected chi connectivity index (χ1v) is 9.66. The van der Waals surface area contributed by atoms with Gasteiger partial charge in [0, 0.05) is 18.4 Å². The molecule has 114 valence electrons. The molecule has 21 heavy (non-hydrogen) atoms. The Kier molecular flexibility index (Phi) is 5.41. The van der Waals surface area contributed by atoms with Crippen molar-refractivity contribution in [1.82, 2.24) is 10.2 Å². The van der Waals surface area contributed by atoms with Gasteiger partial charge in [-0.1, -0.05) is 49.0 Å². The van der Waals surface area contributed by atoms with Crippen LogP contribution in [-0.2, 0) is 16.3 Å². The van der Waals surface area contributed by atoms with Crippen LogP contribution in [0.2, 0.25) is 0 Å². The second kappa shape index (κ2) is 7.09. The molecule has 2 aromatic rings. The van der Waals surface area contributed by atoms with E-state index in [4.69, 9.17) is 4.42 Å². The third-order valence-electron chi connectivity index (χ3n) is 2.98. The number of thioether (sulfide) groups is 1. The Hall–Kier alpha value is -1.34. The summed E-state index contributed by atoms with van der Waals surface area (Å²) in [4.78, 5) is 0. The minimum atomic E-state index is -2.95. The van der Waals surface area contributed by atoms with Gasteiger partial charge in [-0.25, -0.2) is 8.42 Å². The lowest BCUT2D eigenvalue weighted by molar-refractivity contribution is 0.405. The van der Waals surface area contributed by atoms with Gasteiger partial charge >= 0.3 is 0 Å². The molecular formula is C14H18N2O3S2. The van der Waals surface area contributed by atoms with E-state index in [0.29, 0.717) is 29.2 Å². The number of hydrogen-bond donors (Lipinski definition) is 0. The van der Waals surface area contributed by atoms with Crippen LogP contribution in [0.4, 0.5) is 0 Å². The maximum atomic E-state index is 11.0. The molecule has 0 radical (unpaired) electrons. The number of benzene rings is 1. The summed E-state index contributed by atoms with van der Waals surface area (Å²) in [6.07, 6.45) is 1.89. The molecule has 1 aromatic heterocycles. The van der Waals surface area contributed by atoms with E-state index < -0.39 is 9.84 Å². The Morgan fingerprint density at radius 3 is 2.62 bits per heavy atom. The molecule has 1 aromatic carbocycles. The first-order valence-electron chi connectivity index (χ1n) is 6.62. The van der Waals surface area contributed by atoms with E-state index in [1.807, 2.05) is 18.2 Å². The predicted octanol–water partition coefficient (Wildman–Crippen LogP) is 2.55. The fraction of sp³-hybridized carbons (Fsp3) is 0.429. The average molecular weight is 326 g/mol. The van der Waals surface area contributed by atoms with Gasteiger partial charge in [-0.2, -0.15) is 0 Å². The second-order valence-electron chi connectivity index (χ2n) is 4.96. The van der Waals surface area contributed by atoms with E-state index in [-0.39, 0.29) is 5.75 Å². The molecule has 1 heterocycles. The van der Waals surface area contributed by atoms with Crippen LogP contribution < -0.4 is 0 Å². The van der Waals surface area contributed by atoms with Crippen molar-refractivity contribution in [3.05, 3.63) is 41.8 Å². The molecule has 0 N–H and O–H groups in total. The van der Waals surface area contributed by atoms with Gasteiger partial charge in [0.1, 0.15) is 9.84 Å². The molecule has 0 amide bonds. The van der Waals surface area contributed by atoms with Crippen molar-refractivity contribution in [2.24, 2.45) is 0 Å². The zero-order valence-electron chi connectivity index (χ0n) is 12.0. The van der Waals surface area contributed by atoms with Crippen LogP contribution in [0.5, 0.6) is 0 Å². The summed E-state index contributed by atoms with van der Waals surface area (Å²) < 4.78 is 27.6. The van der Waals surface area contributed by atoms with Crippen molar-refractivity contribution in [3.63, 3.8) is 0 Å². The van der Waals surface area contributed by atoms with Gasteiger partial charge in [0.25, 0.3) is 5.22 Å². The monoisotopic (exact) mass is 326 g/mol. The molecular weight excluding hydrogens is 308 g/mol. The summed E-state index contributed by atoms with van der Waals surface area (Å²) in [5.41, 5.74) is 1.22. The molecule has 1 unspecified atom stereocenters. The number of nitrogens with zero attached hydrogens (tertiary/aromatic N) is 2. The van der Waals surface area contributed by atoms with Gasteiger partial charge in [0.2, 0.25) is 5.89 Å². The summed E-state index contributed by atoms with van der Waals surface area (Å²) in [6.45, 7) is 2.11. The lowest BCUT2D eigenvalue weighted by Crippen LogP contribution is -2.04. The molecule has 0 saturated heterocycles. The van der Waals surface area contributed by atoms with E-state index in [0.717, 1.165) is 0 Å². The highest BCUT2D eigenvalue weighted by Gasteiger charge is 2.13. The summed E-state index contributed by atoms with van der Waals surface area (Å²) in [7, 11) is -2.95. The largest absolute Gasteiger partial charge is 0.416 e. The highest BCUT2D eigenvalue weighted by molar-refractivity contribution is 8.00. The lowest BCUT2D eigenvalue weighted by Gasteiger charge is -2.08. The summed E-state index contributed by atoms with van der Waals surface area (Å²) in [6, 6.07) is 10.1. The number of hydrogen-bond acceptors (Lipinski definition) is 6. The minimum Gasteiger partial charge on any atom is -0.416 e. The Morgan fingerprint density at radius 2 is 1.95 bits per heavy atom. The molecule has 0 aliphatic carbocycles. The van der Waals surface area contributed by atoms with Crippen molar-refractivity contribution in [2.75, 3.05) is 17.8 Å². The average Bonchev–Trinajstić information content (AvgIpc) is 2.86. The molecule has 0 spiro atoms. The lowest BCUT2D eigenvalue weighted by atomic mass is 9.98. The van der Waals surface area contributed by atoms with E-state index >= 15 is 0 Å². The van der Waals surface area contributed by atoms with E-state index in [1.54, 1.807) is 0 Å². The van der Waals surface area contributed by atoms with Gasteiger partial charge in [0.05, 0.1) is 5.75 Å². The number of aromatic nitrogens is 2. The molecule has 0 fully saturated rings. The standard InChI is InChI=1S/C14H18N2O3S2/c1-11(12-6-4-3-5-7-12)10-13-15-16-14(19-13)20-8-9-21(2,17)18/h3-7,11H,8-10H2,1-2H3. The van der Waals surface area contributed by atoms with E-state index in [1.165, 1.54) is 23.6 Å². The number of sulfone groups is 1. The molecule has 1 atom stereocenters. The fourth-order valence-corrected chi connectivity index (χ4v) is 3.79. The van der Waals surface area contributed by atoms with Crippen molar-refractivity contribution in [2.45, 2.75) is 24.5 Å². The molecule has 5 nitrogen and oxygen atoms in total. The number of rotatable bonds is 7. The quantitative estimate of drug-likeness (QED) is 0.728. The predicted molar refractivity (Wildman–Crippen MR) is 83.3 cm³/mol. The van der Waals surface area contributed by atoms with Crippen LogP contribution in [0.3, 0.4) is 0 Å². The van der Waals surface area contributed by atoms with Crippen LogP contribution in [0.25, 0.3) is 0 Å². The van der Waals surface area contributed by atoms with Crippen molar-refractivity contribution < 1.29 is 12.8 Å².